The molecule has 1 aliphatic carbocycles. The maximum Gasteiger partial charge on any atom is 0.229 e. The minimum atomic E-state index is -0.519. The summed E-state index contributed by atoms with van der Waals surface area (Å²) in [6, 6.07) is 6.13. The number of benzene rings is 1. The van der Waals surface area contributed by atoms with Crippen LogP contribution in [0.15, 0.2) is 24.4 Å². The Morgan fingerprint density at radius 2 is 2.00 bits per heavy atom. The summed E-state index contributed by atoms with van der Waals surface area (Å²) in [4.78, 5) is 24.5. The van der Waals surface area contributed by atoms with E-state index in [1.165, 1.54) is 11.3 Å². The summed E-state index contributed by atoms with van der Waals surface area (Å²) in [6.07, 6.45) is 3.22. The van der Waals surface area contributed by atoms with Crippen LogP contribution in [0, 0.1) is 18.7 Å². The Kier molecular flexibility index (Phi) is 6.22. The number of carbonyl (C=O) groups excluding carboxylic acids is 1. The minimum Gasteiger partial charge on any atom is -0.369 e. The molecule has 1 aromatic carbocycles. The van der Waals surface area contributed by atoms with Crippen LogP contribution in [0.5, 0.6) is 0 Å². The Hall–Kier alpha value is -2.94. The van der Waals surface area contributed by atoms with Crippen molar-refractivity contribution in [2.75, 3.05) is 48.8 Å². The van der Waals surface area contributed by atoms with Crippen LogP contribution in [0.25, 0.3) is 0 Å². The highest BCUT2D eigenvalue weighted by Crippen LogP contribution is 2.29. The van der Waals surface area contributed by atoms with E-state index in [1.807, 2.05) is 6.07 Å². The number of piperazine rings is 1. The van der Waals surface area contributed by atoms with Crippen LogP contribution in [-0.4, -0.2) is 60.0 Å². The maximum absolute atomic E-state index is 14.3. The fraction of sp³-hybridized carbons (Fsp3) is 0.500. The van der Waals surface area contributed by atoms with Gasteiger partial charge in [-0.3, -0.25) is 4.79 Å². The number of rotatable bonds is 6. The lowest BCUT2D eigenvalue weighted by Crippen LogP contribution is -2.44. The SMILES string of the molecule is Cc1cc(Nc2ncc(F)c(NC3CCC(C(N)=O)C3)n2)ccc1N1CCN(C)CC1. The first kappa shape index (κ1) is 21.3. The molecule has 2 unspecified atom stereocenters. The summed E-state index contributed by atoms with van der Waals surface area (Å²) in [5, 5.41) is 6.27. The third-order valence-corrected chi connectivity index (χ3v) is 6.22. The zero-order valence-corrected chi connectivity index (χ0v) is 18.1. The number of aromatic nitrogens is 2. The Balaban J connectivity index is 1.43. The highest BCUT2D eigenvalue weighted by molar-refractivity contribution is 5.77. The van der Waals surface area contributed by atoms with Crippen LogP contribution < -0.4 is 21.3 Å². The third-order valence-electron chi connectivity index (χ3n) is 6.22. The van der Waals surface area contributed by atoms with Crippen LogP contribution >= 0.6 is 0 Å². The number of nitrogens with two attached hydrogens (primary N) is 1. The van der Waals surface area contributed by atoms with Crippen LogP contribution in [0.1, 0.15) is 24.8 Å². The number of likely N-dealkylation sites (N-methyl/N-ethyl adjacent to an activating group) is 1. The summed E-state index contributed by atoms with van der Waals surface area (Å²) in [7, 11) is 2.14. The van der Waals surface area contributed by atoms with E-state index >= 15 is 0 Å². The largest absolute Gasteiger partial charge is 0.369 e. The molecule has 2 aliphatic rings. The number of carbonyl (C=O) groups is 1. The Bertz CT molecular complexity index is 945. The quantitative estimate of drug-likeness (QED) is 0.651. The highest BCUT2D eigenvalue weighted by Gasteiger charge is 2.29. The van der Waals surface area contributed by atoms with E-state index < -0.39 is 5.82 Å². The molecular formula is C22H30FN7O. The van der Waals surface area contributed by atoms with Gasteiger partial charge in [0.1, 0.15) is 0 Å². The van der Waals surface area contributed by atoms with Gasteiger partial charge in [-0.05, 0) is 57.0 Å². The molecule has 1 saturated carbocycles. The van der Waals surface area contributed by atoms with Gasteiger partial charge in [0.25, 0.3) is 0 Å². The molecular weight excluding hydrogens is 397 g/mol. The molecule has 0 bridgehead atoms. The molecule has 1 aliphatic heterocycles. The van der Waals surface area contributed by atoms with Crippen LogP contribution in [0.4, 0.5) is 27.5 Å². The summed E-state index contributed by atoms with van der Waals surface area (Å²) < 4.78 is 14.3. The number of halogens is 1. The summed E-state index contributed by atoms with van der Waals surface area (Å²) >= 11 is 0. The van der Waals surface area contributed by atoms with Crippen LogP contribution in [0.3, 0.4) is 0 Å². The second-order valence-electron chi connectivity index (χ2n) is 8.56. The molecule has 31 heavy (non-hydrogen) atoms. The average Bonchev–Trinajstić information content (AvgIpc) is 3.21. The van der Waals surface area contributed by atoms with Crippen LogP contribution in [0.2, 0.25) is 0 Å². The summed E-state index contributed by atoms with van der Waals surface area (Å²) in [5.41, 5.74) is 8.63. The summed E-state index contributed by atoms with van der Waals surface area (Å²) in [6.45, 7) is 6.22. The lowest BCUT2D eigenvalue weighted by atomic mass is 10.1. The van der Waals surface area contributed by atoms with Crippen molar-refractivity contribution in [3.63, 3.8) is 0 Å². The number of nitrogens with one attached hydrogen (secondary N) is 2. The Labute approximate surface area is 182 Å². The van der Waals surface area contributed by atoms with Gasteiger partial charge in [0.15, 0.2) is 11.6 Å². The van der Waals surface area contributed by atoms with Crippen molar-refractivity contribution in [1.82, 2.24) is 14.9 Å². The maximum atomic E-state index is 14.3. The third kappa shape index (κ3) is 5.04. The van der Waals surface area contributed by atoms with E-state index in [1.54, 1.807) is 0 Å². The highest BCUT2D eigenvalue weighted by atomic mass is 19.1. The van der Waals surface area contributed by atoms with Gasteiger partial charge in [0.05, 0.1) is 6.20 Å². The number of aryl methyl sites for hydroxylation is 1. The Morgan fingerprint density at radius 1 is 1.23 bits per heavy atom. The molecule has 1 saturated heterocycles. The van der Waals surface area contributed by atoms with Gasteiger partial charge in [-0.15, -0.1) is 0 Å². The Morgan fingerprint density at radius 3 is 2.68 bits per heavy atom. The molecule has 4 N–H and O–H groups in total. The van der Waals surface area contributed by atoms with Gasteiger partial charge in [-0.25, -0.2) is 9.37 Å². The minimum absolute atomic E-state index is 0.0279. The van der Waals surface area contributed by atoms with Gasteiger partial charge in [0, 0.05) is 49.5 Å². The molecule has 8 nitrogen and oxygen atoms in total. The van der Waals surface area contributed by atoms with E-state index in [-0.39, 0.29) is 23.7 Å². The van der Waals surface area contributed by atoms with Gasteiger partial charge in [-0.2, -0.15) is 4.98 Å². The van der Waals surface area contributed by atoms with Crippen molar-refractivity contribution in [2.45, 2.75) is 32.2 Å². The van der Waals surface area contributed by atoms with Crippen molar-refractivity contribution < 1.29 is 9.18 Å². The number of hydrogen-bond acceptors (Lipinski definition) is 7. The molecule has 0 radical (unpaired) electrons. The smallest absolute Gasteiger partial charge is 0.229 e. The number of hydrogen-bond donors (Lipinski definition) is 3. The lowest BCUT2D eigenvalue weighted by molar-refractivity contribution is -0.121. The molecule has 2 heterocycles. The topological polar surface area (TPSA) is 99.4 Å². The molecule has 4 rings (SSSR count). The molecule has 0 spiro atoms. The second-order valence-corrected chi connectivity index (χ2v) is 8.56. The summed E-state index contributed by atoms with van der Waals surface area (Å²) in [5.74, 6) is -0.528. The first-order valence-corrected chi connectivity index (χ1v) is 10.8. The molecule has 2 fully saturated rings. The number of primary amides is 1. The predicted molar refractivity (Wildman–Crippen MR) is 120 cm³/mol. The molecule has 1 aromatic heterocycles. The zero-order chi connectivity index (χ0) is 22.0. The predicted octanol–water partition coefficient (Wildman–Crippen LogP) is 2.49. The van der Waals surface area contributed by atoms with Crippen molar-refractivity contribution in [3.8, 4) is 0 Å². The van der Waals surface area contributed by atoms with Gasteiger partial charge in [0.2, 0.25) is 11.9 Å². The van der Waals surface area contributed by atoms with Gasteiger partial charge in [-0.1, -0.05) is 0 Å². The van der Waals surface area contributed by atoms with E-state index in [0.29, 0.717) is 18.8 Å². The van der Waals surface area contributed by atoms with E-state index in [2.05, 4.69) is 56.5 Å². The van der Waals surface area contributed by atoms with Crippen molar-refractivity contribution in [1.29, 1.82) is 0 Å². The number of amides is 1. The standard InChI is InChI=1S/C22H30FN7O/c1-14-11-16(5-6-19(14)30-9-7-29(2)8-10-30)27-22-25-13-18(23)21(28-22)26-17-4-3-15(12-17)20(24)31/h5-6,11,13,15,17H,3-4,7-10,12H2,1-2H3,(H2,24,31)(H2,25,26,27,28). The monoisotopic (exact) mass is 427 g/mol. The first-order valence-electron chi connectivity index (χ1n) is 10.8. The molecule has 9 heteroatoms. The lowest BCUT2D eigenvalue weighted by Gasteiger charge is -2.35. The molecule has 2 atom stereocenters. The molecule has 166 valence electrons. The fourth-order valence-corrected chi connectivity index (χ4v) is 4.36. The van der Waals surface area contributed by atoms with E-state index in [9.17, 15) is 9.18 Å². The first-order chi connectivity index (χ1) is 14.9. The van der Waals surface area contributed by atoms with Gasteiger partial charge < -0.3 is 26.2 Å². The average molecular weight is 428 g/mol. The van der Waals surface area contributed by atoms with Crippen molar-refractivity contribution in [3.05, 3.63) is 35.8 Å². The van der Waals surface area contributed by atoms with Gasteiger partial charge >= 0.3 is 0 Å². The molecule has 1 amide bonds. The zero-order valence-electron chi connectivity index (χ0n) is 18.1. The molecule has 2 aromatic rings. The second kappa shape index (κ2) is 9.05. The van der Waals surface area contributed by atoms with E-state index in [0.717, 1.165) is 44.5 Å². The van der Waals surface area contributed by atoms with Crippen LogP contribution in [-0.2, 0) is 4.79 Å². The number of anilines is 4. The normalized spacial score (nSPS) is 21.8. The fourth-order valence-electron chi connectivity index (χ4n) is 4.36. The van der Waals surface area contributed by atoms with Crippen molar-refractivity contribution in [2.24, 2.45) is 11.7 Å². The number of nitrogens with zero attached hydrogens (tertiary/aromatic N) is 4. The van der Waals surface area contributed by atoms with E-state index in [4.69, 9.17) is 5.73 Å². The van der Waals surface area contributed by atoms with Crippen molar-refractivity contribution >= 4 is 29.0 Å².